The summed E-state index contributed by atoms with van der Waals surface area (Å²) in [6.07, 6.45) is 2.68. The molecule has 0 atom stereocenters. The molecule has 0 unspecified atom stereocenters. The second-order valence-corrected chi connectivity index (χ2v) is 7.98. The van der Waals surface area contributed by atoms with Crippen molar-refractivity contribution >= 4 is 32.2 Å². The zero-order valence-corrected chi connectivity index (χ0v) is 13.0. The molecular formula is C16H17N3O2S. The number of benzene rings is 1. The van der Waals surface area contributed by atoms with E-state index in [2.05, 4.69) is 9.30 Å². The molecule has 1 saturated heterocycles. The van der Waals surface area contributed by atoms with Gasteiger partial charge < -0.3 is 9.30 Å². The molecule has 4 rings (SSSR count). The highest BCUT2D eigenvalue weighted by molar-refractivity contribution is 7.91. The van der Waals surface area contributed by atoms with E-state index in [0.717, 1.165) is 28.9 Å². The van der Waals surface area contributed by atoms with Crippen LogP contribution < -0.4 is 4.90 Å². The van der Waals surface area contributed by atoms with E-state index in [9.17, 15) is 8.42 Å². The van der Waals surface area contributed by atoms with Gasteiger partial charge in [-0.25, -0.2) is 13.4 Å². The second-order valence-electron chi connectivity index (χ2n) is 5.68. The van der Waals surface area contributed by atoms with Gasteiger partial charge in [-0.3, -0.25) is 0 Å². The van der Waals surface area contributed by atoms with Crippen molar-refractivity contribution < 1.29 is 8.42 Å². The summed E-state index contributed by atoms with van der Waals surface area (Å²) < 4.78 is 25.8. The van der Waals surface area contributed by atoms with Crippen LogP contribution in [0.3, 0.4) is 0 Å². The molecule has 1 aliphatic rings. The standard InChI is InChI=1S/C16H17N3O2S/c20-22(21)11-4-8-18(10-12-22)16-15-7-3-9-19(15)14-6-2-1-5-13(14)17-16/h1-3,5-7,9H,4,8,10-12H2. The number of hydrogen-bond acceptors (Lipinski definition) is 4. The lowest BCUT2D eigenvalue weighted by molar-refractivity contribution is 0.597. The van der Waals surface area contributed by atoms with Gasteiger partial charge in [0.2, 0.25) is 0 Å². The Morgan fingerprint density at radius 3 is 2.68 bits per heavy atom. The average molecular weight is 315 g/mol. The molecule has 0 amide bonds. The first-order valence-electron chi connectivity index (χ1n) is 7.45. The van der Waals surface area contributed by atoms with Crippen LogP contribution in [-0.4, -0.2) is 42.4 Å². The first-order chi connectivity index (χ1) is 10.6. The molecule has 2 aromatic heterocycles. The number of fused-ring (bicyclic) bond motifs is 3. The van der Waals surface area contributed by atoms with Crippen molar-refractivity contribution in [3.8, 4) is 0 Å². The van der Waals surface area contributed by atoms with Gasteiger partial charge in [-0.05, 0) is 30.7 Å². The van der Waals surface area contributed by atoms with E-state index in [4.69, 9.17) is 4.98 Å². The summed E-state index contributed by atoms with van der Waals surface area (Å²) in [4.78, 5) is 6.90. The lowest BCUT2D eigenvalue weighted by Gasteiger charge is -2.22. The first-order valence-corrected chi connectivity index (χ1v) is 9.27. The van der Waals surface area contributed by atoms with Gasteiger partial charge in [-0.1, -0.05) is 12.1 Å². The Kier molecular flexibility index (Phi) is 3.07. The summed E-state index contributed by atoms with van der Waals surface area (Å²) in [7, 11) is -2.92. The van der Waals surface area contributed by atoms with Crippen molar-refractivity contribution in [3.63, 3.8) is 0 Å². The van der Waals surface area contributed by atoms with Crippen LogP contribution in [0.4, 0.5) is 5.82 Å². The lowest BCUT2D eigenvalue weighted by atomic mass is 10.3. The summed E-state index contributed by atoms with van der Waals surface area (Å²) in [6.45, 7) is 1.24. The van der Waals surface area contributed by atoms with Gasteiger partial charge in [0, 0.05) is 19.3 Å². The van der Waals surface area contributed by atoms with Gasteiger partial charge in [0.05, 0.1) is 28.1 Å². The molecule has 1 fully saturated rings. The Balaban J connectivity index is 1.88. The summed E-state index contributed by atoms with van der Waals surface area (Å²) in [5, 5.41) is 0. The Bertz CT molecular complexity index is 946. The summed E-state index contributed by atoms with van der Waals surface area (Å²) in [6, 6.07) is 12.1. The van der Waals surface area contributed by atoms with Gasteiger partial charge in [0.25, 0.3) is 0 Å². The maximum Gasteiger partial charge on any atom is 0.153 e. The molecule has 0 radical (unpaired) electrons. The average Bonchev–Trinajstić information content (AvgIpc) is 2.92. The zero-order chi connectivity index (χ0) is 15.2. The maximum atomic E-state index is 11.8. The van der Waals surface area contributed by atoms with E-state index in [1.165, 1.54) is 0 Å². The number of aromatic nitrogens is 2. The fraction of sp³-hybridized carbons (Fsp3) is 0.312. The van der Waals surface area contributed by atoms with Crippen LogP contribution in [-0.2, 0) is 9.84 Å². The van der Waals surface area contributed by atoms with Gasteiger partial charge in [0.15, 0.2) is 15.7 Å². The van der Waals surface area contributed by atoms with Crippen molar-refractivity contribution in [2.75, 3.05) is 29.5 Å². The second kappa shape index (κ2) is 4.98. The van der Waals surface area contributed by atoms with Crippen LogP contribution in [0.2, 0.25) is 0 Å². The predicted octanol–water partition coefficient (Wildman–Crippen LogP) is 2.11. The van der Waals surface area contributed by atoms with Gasteiger partial charge >= 0.3 is 0 Å². The van der Waals surface area contributed by atoms with Crippen molar-refractivity contribution in [2.45, 2.75) is 6.42 Å². The summed E-state index contributed by atoms with van der Waals surface area (Å²) in [5.74, 6) is 1.35. The van der Waals surface area contributed by atoms with E-state index in [0.29, 0.717) is 13.0 Å². The maximum absolute atomic E-state index is 11.8. The third kappa shape index (κ3) is 2.23. The molecule has 0 N–H and O–H groups in total. The number of sulfone groups is 1. The Morgan fingerprint density at radius 1 is 0.955 bits per heavy atom. The fourth-order valence-corrected chi connectivity index (χ4v) is 4.36. The van der Waals surface area contributed by atoms with E-state index in [1.54, 1.807) is 0 Å². The van der Waals surface area contributed by atoms with Gasteiger partial charge in [-0.2, -0.15) is 0 Å². The quantitative estimate of drug-likeness (QED) is 0.690. The number of nitrogens with zero attached hydrogens (tertiary/aromatic N) is 3. The molecule has 3 heterocycles. The Hall–Kier alpha value is -2.08. The van der Waals surface area contributed by atoms with E-state index >= 15 is 0 Å². The third-order valence-electron chi connectivity index (χ3n) is 4.20. The Labute approximate surface area is 129 Å². The molecule has 22 heavy (non-hydrogen) atoms. The van der Waals surface area contributed by atoms with E-state index in [-0.39, 0.29) is 11.5 Å². The Morgan fingerprint density at radius 2 is 1.77 bits per heavy atom. The molecule has 5 nitrogen and oxygen atoms in total. The molecule has 114 valence electrons. The van der Waals surface area contributed by atoms with Crippen molar-refractivity contribution in [1.29, 1.82) is 0 Å². The molecule has 0 bridgehead atoms. The van der Waals surface area contributed by atoms with E-state index in [1.807, 2.05) is 42.6 Å². The van der Waals surface area contributed by atoms with Crippen LogP contribution >= 0.6 is 0 Å². The minimum absolute atomic E-state index is 0.203. The molecule has 1 aliphatic heterocycles. The normalized spacial score (nSPS) is 18.6. The van der Waals surface area contributed by atoms with Gasteiger partial charge in [0.1, 0.15) is 0 Å². The minimum Gasteiger partial charge on any atom is -0.354 e. The predicted molar refractivity (Wildman–Crippen MR) is 88.2 cm³/mol. The molecule has 0 saturated carbocycles. The molecule has 3 aromatic rings. The zero-order valence-electron chi connectivity index (χ0n) is 12.1. The monoisotopic (exact) mass is 315 g/mol. The SMILES string of the molecule is O=S1(=O)CCCN(c2nc3ccccc3n3cccc23)CC1. The topological polar surface area (TPSA) is 54.7 Å². The molecule has 6 heteroatoms. The summed E-state index contributed by atoms with van der Waals surface area (Å²) in [5.41, 5.74) is 3.01. The van der Waals surface area contributed by atoms with Crippen LogP contribution in [0.5, 0.6) is 0 Å². The highest BCUT2D eigenvalue weighted by Crippen LogP contribution is 2.26. The number of hydrogen-bond donors (Lipinski definition) is 0. The molecule has 0 aliphatic carbocycles. The number of anilines is 1. The summed E-state index contributed by atoms with van der Waals surface area (Å²) >= 11 is 0. The van der Waals surface area contributed by atoms with Gasteiger partial charge in [-0.15, -0.1) is 0 Å². The number of para-hydroxylation sites is 2. The van der Waals surface area contributed by atoms with E-state index < -0.39 is 9.84 Å². The molecule has 1 aromatic carbocycles. The van der Waals surface area contributed by atoms with Crippen LogP contribution in [0.25, 0.3) is 16.6 Å². The largest absolute Gasteiger partial charge is 0.354 e. The van der Waals surface area contributed by atoms with Crippen molar-refractivity contribution in [1.82, 2.24) is 9.38 Å². The molecule has 0 spiro atoms. The van der Waals surface area contributed by atoms with Crippen LogP contribution in [0.1, 0.15) is 6.42 Å². The fourth-order valence-electron chi connectivity index (χ4n) is 3.09. The third-order valence-corrected chi connectivity index (χ3v) is 5.92. The van der Waals surface area contributed by atoms with Crippen LogP contribution in [0.15, 0.2) is 42.6 Å². The van der Waals surface area contributed by atoms with Crippen molar-refractivity contribution in [2.24, 2.45) is 0 Å². The van der Waals surface area contributed by atoms with Crippen LogP contribution in [0, 0.1) is 0 Å². The van der Waals surface area contributed by atoms with Crippen molar-refractivity contribution in [3.05, 3.63) is 42.6 Å². The molecular weight excluding hydrogens is 298 g/mol. The lowest BCUT2D eigenvalue weighted by Crippen LogP contribution is -2.28. The highest BCUT2D eigenvalue weighted by Gasteiger charge is 2.22. The highest BCUT2D eigenvalue weighted by atomic mass is 32.2. The smallest absolute Gasteiger partial charge is 0.153 e. The first kappa shape index (κ1) is 13.6. The minimum atomic E-state index is -2.92. The number of rotatable bonds is 1.